The molecule has 1 unspecified atom stereocenters. The number of nitrogens with zero attached hydrogens (tertiary/aromatic N) is 4. The second kappa shape index (κ2) is 10.6. The first-order chi connectivity index (χ1) is 15.1. The molecule has 3 aliphatic heterocycles. The van der Waals surface area contributed by atoms with Gasteiger partial charge in [-0.15, -0.1) is 0 Å². The molecule has 0 radical (unpaired) electrons. The largest absolute Gasteiger partial charge is 0.358 e. The maximum Gasteiger partial charge on any atom is 0.227 e. The van der Waals surface area contributed by atoms with Crippen molar-refractivity contribution in [1.29, 1.82) is 0 Å². The Morgan fingerprint density at radius 3 is 2.16 bits per heavy atom. The number of carbonyl (C=O) groups is 1. The van der Waals surface area contributed by atoms with Crippen LogP contribution in [0.1, 0.15) is 50.5 Å². The van der Waals surface area contributed by atoms with Crippen LogP contribution in [0.3, 0.4) is 0 Å². The first-order valence-corrected chi connectivity index (χ1v) is 12.1. The second-order valence-electron chi connectivity index (χ2n) is 9.22. The molecule has 4 rings (SSSR count). The number of amides is 1. The van der Waals surface area contributed by atoms with E-state index in [-0.39, 0.29) is 5.91 Å². The van der Waals surface area contributed by atoms with Gasteiger partial charge in [0.15, 0.2) is 0 Å². The topological polar surface area (TPSA) is 50.3 Å². The van der Waals surface area contributed by atoms with E-state index in [0.717, 1.165) is 51.1 Å². The third-order valence-corrected chi connectivity index (χ3v) is 7.03. The van der Waals surface area contributed by atoms with Crippen molar-refractivity contribution in [2.45, 2.75) is 57.2 Å². The standard InChI is InChI=1S/C25H38N4O2/c30-24(12-17-26-13-6-2-7-14-26)27-18-20-29(21-19-27)25(31,28-15-8-3-9-16-28)22-23-10-4-1-5-11-23/h1,4-5,10-11,18,20,31H,2-3,6-9,12-17,19,21-22H2. The molecule has 1 N–H and O–H groups in total. The zero-order valence-corrected chi connectivity index (χ0v) is 18.8. The molecule has 0 spiro atoms. The van der Waals surface area contributed by atoms with Crippen LogP contribution in [0.25, 0.3) is 0 Å². The molecule has 1 atom stereocenters. The van der Waals surface area contributed by atoms with Crippen molar-refractivity contribution in [3.63, 3.8) is 0 Å². The van der Waals surface area contributed by atoms with E-state index in [0.29, 0.717) is 25.9 Å². The Kier molecular flexibility index (Phi) is 7.64. The Bertz CT molecular complexity index is 728. The maximum absolute atomic E-state index is 12.7. The molecule has 2 saturated heterocycles. The third kappa shape index (κ3) is 5.68. The van der Waals surface area contributed by atoms with Gasteiger partial charge in [-0.3, -0.25) is 9.69 Å². The monoisotopic (exact) mass is 426 g/mol. The first-order valence-electron chi connectivity index (χ1n) is 12.1. The summed E-state index contributed by atoms with van der Waals surface area (Å²) in [6.45, 7) is 6.20. The summed E-state index contributed by atoms with van der Waals surface area (Å²) in [6, 6.07) is 10.2. The van der Waals surface area contributed by atoms with Gasteiger partial charge in [-0.25, -0.2) is 0 Å². The zero-order chi connectivity index (χ0) is 21.5. The van der Waals surface area contributed by atoms with Gasteiger partial charge in [-0.2, -0.15) is 0 Å². The minimum absolute atomic E-state index is 0.186. The lowest BCUT2D eigenvalue weighted by Crippen LogP contribution is -2.63. The summed E-state index contributed by atoms with van der Waals surface area (Å²) in [4.78, 5) is 21.3. The fraction of sp³-hybridized carbons (Fsp3) is 0.640. The molecule has 6 heteroatoms. The number of likely N-dealkylation sites (tertiary alicyclic amines) is 2. The Labute approximate surface area is 187 Å². The lowest BCUT2D eigenvalue weighted by Gasteiger charge is -2.49. The quantitative estimate of drug-likeness (QED) is 0.727. The van der Waals surface area contributed by atoms with E-state index < -0.39 is 5.85 Å². The predicted octanol–water partition coefficient (Wildman–Crippen LogP) is 2.85. The van der Waals surface area contributed by atoms with E-state index >= 15 is 0 Å². The SMILES string of the molecule is O=C(CCN1CCCCC1)N1C=CN(C(O)(Cc2ccccc2)N2CCCCC2)CC1. The van der Waals surface area contributed by atoms with E-state index in [2.05, 4.69) is 21.9 Å². The van der Waals surface area contributed by atoms with Crippen molar-refractivity contribution in [2.24, 2.45) is 0 Å². The van der Waals surface area contributed by atoms with Crippen molar-refractivity contribution in [3.8, 4) is 0 Å². The molecule has 1 aromatic carbocycles. The highest BCUT2D eigenvalue weighted by atomic mass is 16.3. The van der Waals surface area contributed by atoms with E-state index in [4.69, 9.17) is 0 Å². The van der Waals surface area contributed by atoms with Gasteiger partial charge in [0, 0.05) is 58.0 Å². The summed E-state index contributed by atoms with van der Waals surface area (Å²) in [6.07, 6.45) is 12.2. The van der Waals surface area contributed by atoms with E-state index in [1.807, 2.05) is 40.4 Å². The number of hydrogen-bond acceptors (Lipinski definition) is 5. The normalized spacial score (nSPS) is 23.0. The summed E-state index contributed by atoms with van der Waals surface area (Å²) in [5, 5.41) is 11.9. The smallest absolute Gasteiger partial charge is 0.227 e. The average Bonchev–Trinajstić information content (AvgIpc) is 2.84. The van der Waals surface area contributed by atoms with Gasteiger partial charge >= 0.3 is 0 Å². The summed E-state index contributed by atoms with van der Waals surface area (Å²) in [7, 11) is 0. The number of rotatable bonds is 7. The van der Waals surface area contributed by atoms with Crippen molar-refractivity contribution >= 4 is 5.91 Å². The minimum atomic E-state index is -1.05. The van der Waals surface area contributed by atoms with E-state index in [9.17, 15) is 9.90 Å². The molecule has 31 heavy (non-hydrogen) atoms. The van der Waals surface area contributed by atoms with Crippen molar-refractivity contribution in [3.05, 3.63) is 48.3 Å². The lowest BCUT2D eigenvalue weighted by atomic mass is 10.0. The van der Waals surface area contributed by atoms with Gasteiger partial charge in [0.05, 0.1) is 0 Å². The van der Waals surface area contributed by atoms with Crippen LogP contribution in [0.4, 0.5) is 0 Å². The van der Waals surface area contributed by atoms with Crippen LogP contribution in [0.15, 0.2) is 42.7 Å². The summed E-state index contributed by atoms with van der Waals surface area (Å²) in [5.41, 5.74) is 1.13. The molecular weight excluding hydrogens is 388 g/mol. The van der Waals surface area contributed by atoms with Crippen molar-refractivity contribution < 1.29 is 9.90 Å². The molecule has 1 amide bonds. The van der Waals surface area contributed by atoms with E-state index in [1.54, 1.807) is 0 Å². The predicted molar refractivity (Wildman–Crippen MR) is 123 cm³/mol. The van der Waals surface area contributed by atoms with Crippen LogP contribution < -0.4 is 0 Å². The molecule has 0 saturated carbocycles. The molecule has 170 valence electrons. The molecule has 1 aromatic rings. The van der Waals surface area contributed by atoms with Crippen LogP contribution >= 0.6 is 0 Å². The number of aliphatic hydroxyl groups is 1. The van der Waals surface area contributed by atoms with Crippen LogP contribution in [0.5, 0.6) is 0 Å². The number of carbonyl (C=O) groups excluding carboxylic acids is 1. The van der Waals surface area contributed by atoms with Crippen LogP contribution in [0.2, 0.25) is 0 Å². The number of piperidine rings is 2. The number of benzene rings is 1. The van der Waals surface area contributed by atoms with Gasteiger partial charge in [0.2, 0.25) is 11.8 Å². The molecule has 0 aliphatic carbocycles. The first kappa shape index (κ1) is 22.3. The van der Waals surface area contributed by atoms with Gasteiger partial charge in [-0.1, -0.05) is 43.2 Å². The van der Waals surface area contributed by atoms with Crippen molar-refractivity contribution in [2.75, 3.05) is 45.8 Å². The van der Waals surface area contributed by atoms with Crippen LogP contribution in [0, 0.1) is 0 Å². The highest BCUT2D eigenvalue weighted by molar-refractivity contribution is 5.77. The summed E-state index contributed by atoms with van der Waals surface area (Å²) >= 11 is 0. The third-order valence-electron chi connectivity index (χ3n) is 7.03. The van der Waals surface area contributed by atoms with Gasteiger partial charge in [0.1, 0.15) is 0 Å². The molecule has 6 nitrogen and oxygen atoms in total. The fourth-order valence-electron chi connectivity index (χ4n) is 5.13. The fourth-order valence-corrected chi connectivity index (χ4v) is 5.13. The molecule has 3 heterocycles. The van der Waals surface area contributed by atoms with Crippen LogP contribution in [-0.4, -0.2) is 82.3 Å². The average molecular weight is 427 g/mol. The Balaban J connectivity index is 1.40. The Morgan fingerprint density at radius 2 is 1.52 bits per heavy atom. The van der Waals surface area contributed by atoms with Crippen LogP contribution in [-0.2, 0) is 11.2 Å². The van der Waals surface area contributed by atoms with Crippen molar-refractivity contribution in [1.82, 2.24) is 19.6 Å². The maximum atomic E-state index is 12.7. The van der Waals surface area contributed by atoms with Gasteiger partial charge < -0.3 is 19.8 Å². The molecule has 0 aromatic heterocycles. The second-order valence-corrected chi connectivity index (χ2v) is 9.22. The Morgan fingerprint density at radius 1 is 0.839 bits per heavy atom. The number of hydrogen-bond donors (Lipinski definition) is 1. The highest BCUT2D eigenvalue weighted by Gasteiger charge is 2.41. The zero-order valence-electron chi connectivity index (χ0n) is 18.8. The molecule has 2 fully saturated rings. The molecule has 0 bridgehead atoms. The molecular formula is C25H38N4O2. The lowest BCUT2D eigenvalue weighted by molar-refractivity contribution is -0.206. The summed E-state index contributed by atoms with van der Waals surface area (Å²) < 4.78 is 0. The summed E-state index contributed by atoms with van der Waals surface area (Å²) in [5.74, 6) is -0.868. The van der Waals surface area contributed by atoms with Gasteiger partial charge in [-0.05, 0) is 44.3 Å². The highest BCUT2D eigenvalue weighted by Crippen LogP contribution is 2.28. The van der Waals surface area contributed by atoms with Gasteiger partial charge in [0.25, 0.3) is 0 Å². The minimum Gasteiger partial charge on any atom is -0.358 e. The van der Waals surface area contributed by atoms with E-state index in [1.165, 1.54) is 25.7 Å². The molecule has 3 aliphatic rings. The Hall–Kier alpha value is -1.89.